The van der Waals surface area contributed by atoms with E-state index in [1.165, 1.54) is 24.3 Å². The second-order valence-corrected chi connectivity index (χ2v) is 9.20. The van der Waals surface area contributed by atoms with Crippen molar-refractivity contribution in [3.8, 4) is 40.4 Å². The van der Waals surface area contributed by atoms with Crippen molar-refractivity contribution in [1.82, 2.24) is 14.5 Å². The van der Waals surface area contributed by atoms with E-state index in [2.05, 4.69) is 15.3 Å². The first-order valence-corrected chi connectivity index (χ1v) is 12.8. The van der Waals surface area contributed by atoms with Crippen LogP contribution in [0.5, 0.6) is 29.0 Å². The van der Waals surface area contributed by atoms with Crippen molar-refractivity contribution in [2.45, 2.75) is 25.3 Å². The number of pyridine rings is 1. The zero-order valence-electron chi connectivity index (χ0n) is 22.5. The number of aromatic nitrogens is 3. The fourth-order valence-electron chi connectivity index (χ4n) is 4.02. The van der Waals surface area contributed by atoms with Gasteiger partial charge in [0.1, 0.15) is 29.1 Å². The highest BCUT2D eigenvalue weighted by molar-refractivity contribution is 5.95. The van der Waals surface area contributed by atoms with Crippen molar-refractivity contribution < 1.29 is 33.3 Å². The summed E-state index contributed by atoms with van der Waals surface area (Å²) in [6.07, 6.45) is 4.17. The number of imidazole rings is 1. The van der Waals surface area contributed by atoms with Crippen LogP contribution >= 0.6 is 0 Å². The van der Waals surface area contributed by atoms with Crippen LogP contribution in [0.1, 0.15) is 24.8 Å². The molecule has 0 saturated carbocycles. The van der Waals surface area contributed by atoms with E-state index in [9.17, 15) is 15.0 Å². The first kappa shape index (κ1) is 29.7. The summed E-state index contributed by atoms with van der Waals surface area (Å²) < 4.78 is 44.7. The molecule has 0 aliphatic rings. The number of hydrogen-bond donors (Lipinski definition) is 6. The van der Waals surface area contributed by atoms with Crippen LogP contribution in [-0.2, 0) is 11.8 Å². The van der Waals surface area contributed by atoms with Gasteiger partial charge in [-0.05, 0) is 56.1 Å². The number of aliphatic carboxylic acids is 1. The van der Waals surface area contributed by atoms with Crippen molar-refractivity contribution in [1.29, 1.82) is 5.41 Å². The topological polar surface area (TPSA) is 195 Å². The van der Waals surface area contributed by atoms with Crippen molar-refractivity contribution >= 4 is 17.5 Å². The number of aromatic hydroxyl groups is 1. The highest BCUT2D eigenvalue weighted by Crippen LogP contribution is 2.40. The lowest BCUT2D eigenvalue weighted by Crippen LogP contribution is -2.30. The quantitative estimate of drug-likeness (QED) is 0.0751. The molecule has 0 aliphatic heterocycles. The van der Waals surface area contributed by atoms with E-state index in [1.807, 2.05) is 0 Å². The Hall–Kier alpha value is -5.24. The summed E-state index contributed by atoms with van der Waals surface area (Å²) in [5.74, 6) is -6.19. The van der Waals surface area contributed by atoms with Gasteiger partial charge in [-0.2, -0.15) is 13.8 Å². The number of phenols is 1. The number of para-hydroxylation sites is 1. The van der Waals surface area contributed by atoms with Gasteiger partial charge in [0.05, 0.1) is 5.56 Å². The molecule has 220 valence electrons. The van der Waals surface area contributed by atoms with Crippen LogP contribution in [0.15, 0.2) is 54.9 Å². The number of phenolic OH excluding ortho intramolecular Hbond substituents is 1. The Labute approximate surface area is 239 Å². The highest BCUT2D eigenvalue weighted by Gasteiger charge is 2.29. The van der Waals surface area contributed by atoms with Crippen molar-refractivity contribution in [2.24, 2.45) is 18.5 Å². The Morgan fingerprint density at radius 1 is 1.12 bits per heavy atom. The predicted octanol–water partition coefficient (Wildman–Crippen LogP) is 4.33. The largest absolute Gasteiger partial charge is 0.504 e. The predicted molar refractivity (Wildman–Crippen MR) is 150 cm³/mol. The number of carboxylic acids is 1. The maximum absolute atomic E-state index is 15.9. The van der Waals surface area contributed by atoms with Gasteiger partial charge in [-0.15, -0.1) is 0 Å². The summed E-state index contributed by atoms with van der Waals surface area (Å²) in [5, 5.41) is 30.0. The summed E-state index contributed by atoms with van der Waals surface area (Å²) in [4.78, 5) is 20.1. The van der Waals surface area contributed by atoms with Crippen LogP contribution in [-0.4, -0.2) is 49.1 Å². The second-order valence-electron chi connectivity index (χ2n) is 9.20. The van der Waals surface area contributed by atoms with Gasteiger partial charge in [0.15, 0.2) is 11.5 Å². The molecule has 4 rings (SSSR count). The average molecular weight is 582 g/mol. The number of carboxylic acid groups (broad SMARTS) is 1. The third-order valence-electron chi connectivity index (χ3n) is 6.21. The molecule has 4 aromatic rings. The molecular formula is C28H29F2N7O5. The van der Waals surface area contributed by atoms with Crippen LogP contribution in [0.2, 0.25) is 0 Å². The number of amidine groups is 1. The van der Waals surface area contributed by atoms with E-state index >= 15 is 8.78 Å². The minimum absolute atomic E-state index is 0.0174. The van der Waals surface area contributed by atoms with E-state index in [1.54, 1.807) is 42.2 Å². The van der Waals surface area contributed by atoms with Gasteiger partial charge >= 0.3 is 5.97 Å². The molecule has 0 radical (unpaired) electrons. The molecule has 2 heterocycles. The van der Waals surface area contributed by atoms with Gasteiger partial charge in [0, 0.05) is 25.0 Å². The number of unbranched alkanes of at least 4 members (excludes halogenated alkanes) is 1. The van der Waals surface area contributed by atoms with Gasteiger partial charge in [0.2, 0.25) is 11.6 Å². The number of rotatable bonds is 13. The van der Waals surface area contributed by atoms with Crippen molar-refractivity contribution in [3.63, 3.8) is 0 Å². The summed E-state index contributed by atoms with van der Waals surface area (Å²) in [6, 6.07) is 8.84. The van der Waals surface area contributed by atoms with Crippen molar-refractivity contribution in [2.75, 3.05) is 11.9 Å². The second kappa shape index (κ2) is 13.0. The number of carbonyl (C=O) groups is 1. The number of hydrogen-bond acceptors (Lipinski definition) is 9. The molecule has 0 amide bonds. The molecule has 2 aromatic heterocycles. The lowest BCUT2D eigenvalue weighted by molar-refractivity contribution is -0.138. The molecule has 1 atom stereocenters. The molecule has 1 unspecified atom stereocenters. The van der Waals surface area contributed by atoms with Gasteiger partial charge in [-0.25, -0.2) is 9.78 Å². The maximum atomic E-state index is 15.9. The zero-order chi connectivity index (χ0) is 30.4. The molecule has 14 heteroatoms. The number of nitrogens with zero attached hydrogens (tertiary/aromatic N) is 3. The van der Waals surface area contributed by atoms with Crippen LogP contribution in [0.4, 0.5) is 14.5 Å². The van der Waals surface area contributed by atoms with Gasteiger partial charge in [-0.3, -0.25) is 5.41 Å². The summed E-state index contributed by atoms with van der Waals surface area (Å²) in [6.45, 7) is 0.318. The molecular weight excluding hydrogens is 552 g/mol. The van der Waals surface area contributed by atoms with Crippen molar-refractivity contribution in [3.05, 3.63) is 72.1 Å². The molecule has 0 spiro atoms. The molecule has 42 heavy (non-hydrogen) atoms. The number of halogens is 2. The number of aryl methyl sites for hydroxylation is 1. The number of anilines is 1. The van der Waals surface area contributed by atoms with Crippen LogP contribution < -0.4 is 26.3 Å². The van der Waals surface area contributed by atoms with Crippen LogP contribution in [0.3, 0.4) is 0 Å². The van der Waals surface area contributed by atoms with Crippen LogP contribution in [0.25, 0.3) is 11.4 Å². The first-order valence-electron chi connectivity index (χ1n) is 12.8. The molecule has 0 bridgehead atoms. The number of benzene rings is 2. The Balaban J connectivity index is 1.82. The minimum Gasteiger partial charge on any atom is -0.504 e. The standard InChI is InChI=1S/C28H29F2N7O5/c1-37-13-12-34-25(37)16-6-2-3-8-19(16)41-26-21(29)23(35-17(28(39)40)7-4-5-11-31)22(30)27(36-26)42-20-14-15(24(32)33)9-10-18(20)38/h2-3,6,8-10,12-14,17,38H,4-5,7,11,31H2,1H3,(H3,32,33)(H,35,36)(H,39,40). The summed E-state index contributed by atoms with van der Waals surface area (Å²) in [7, 11) is 1.75. The molecule has 8 N–H and O–H groups in total. The van der Waals surface area contributed by atoms with Crippen LogP contribution in [0, 0.1) is 17.0 Å². The summed E-state index contributed by atoms with van der Waals surface area (Å²) in [5.41, 5.74) is 10.8. The normalized spacial score (nSPS) is 11.6. The zero-order valence-corrected chi connectivity index (χ0v) is 22.5. The molecule has 2 aromatic carbocycles. The average Bonchev–Trinajstić information content (AvgIpc) is 3.39. The Morgan fingerprint density at radius 3 is 2.43 bits per heavy atom. The Morgan fingerprint density at radius 2 is 1.81 bits per heavy atom. The van der Waals surface area contributed by atoms with E-state index < -0.39 is 46.8 Å². The minimum atomic E-state index is -1.39. The van der Waals surface area contributed by atoms with E-state index in [0.717, 1.165) is 0 Å². The molecule has 0 saturated heterocycles. The number of nitrogen functional groups attached to an aromatic ring is 1. The number of nitrogens with one attached hydrogen (secondary N) is 2. The third-order valence-corrected chi connectivity index (χ3v) is 6.21. The number of ether oxygens (including phenoxy) is 2. The van der Waals surface area contributed by atoms with E-state index in [0.29, 0.717) is 30.8 Å². The lowest BCUT2D eigenvalue weighted by atomic mass is 10.1. The summed E-state index contributed by atoms with van der Waals surface area (Å²) >= 11 is 0. The lowest BCUT2D eigenvalue weighted by Gasteiger charge is -2.20. The Kier molecular flexibility index (Phi) is 9.17. The van der Waals surface area contributed by atoms with Gasteiger partial charge in [0.25, 0.3) is 11.8 Å². The molecule has 0 aliphatic carbocycles. The fraction of sp³-hybridized carbons (Fsp3) is 0.214. The van der Waals surface area contributed by atoms with Gasteiger partial charge in [-0.1, -0.05) is 12.1 Å². The Bertz CT molecular complexity index is 1610. The van der Waals surface area contributed by atoms with E-state index in [-0.39, 0.29) is 29.3 Å². The molecule has 12 nitrogen and oxygen atoms in total. The SMILES string of the molecule is Cn1ccnc1-c1ccccc1Oc1nc(Oc2cc(C(=N)N)ccc2O)c(F)c(NC(CCCCN)C(=O)O)c1F. The maximum Gasteiger partial charge on any atom is 0.326 e. The first-order chi connectivity index (χ1) is 20.1. The van der Waals surface area contributed by atoms with Gasteiger partial charge < -0.3 is 41.0 Å². The van der Waals surface area contributed by atoms with E-state index in [4.69, 9.17) is 26.4 Å². The fourth-order valence-corrected chi connectivity index (χ4v) is 4.02. The highest BCUT2D eigenvalue weighted by atomic mass is 19.1. The monoisotopic (exact) mass is 581 g/mol. The molecule has 0 fully saturated rings. The smallest absolute Gasteiger partial charge is 0.326 e. The number of nitrogens with two attached hydrogens (primary N) is 2. The third kappa shape index (κ3) is 6.55.